The summed E-state index contributed by atoms with van der Waals surface area (Å²) >= 11 is 0. The second-order valence-electron chi connectivity index (χ2n) is 9.23. The van der Waals surface area contributed by atoms with E-state index in [4.69, 9.17) is 9.52 Å². The molecule has 0 spiro atoms. The van der Waals surface area contributed by atoms with Crippen LogP contribution in [0.2, 0.25) is 0 Å². The molecule has 1 fully saturated rings. The molecule has 1 aliphatic rings. The Labute approximate surface area is 198 Å². The Morgan fingerprint density at radius 2 is 1.79 bits per heavy atom. The summed E-state index contributed by atoms with van der Waals surface area (Å²) in [6.07, 6.45) is 3.09. The van der Waals surface area contributed by atoms with E-state index >= 15 is 4.39 Å². The van der Waals surface area contributed by atoms with Crippen molar-refractivity contribution in [1.29, 1.82) is 0 Å². The second kappa shape index (κ2) is 9.43. The maximum atomic E-state index is 15.0. The van der Waals surface area contributed by atoms with Crippen molar-refractivity contribution in [3.8, 4) is 11.3 Å². The molecular weight excluding hydrogens is 429 g/mol. The van der Waals surface area contributed by atoms with Gasteiger partial charge in [0.2, 0.25) is 0 Å². The van der Waals surface area contributed by atoms with Crippen molar-refractivity contribution in [3.63, 3.8) is 0 Å². The van der Waals surface area contributed by atoms with Crippen LogP contribution in [0.15, 0.2) is 77.2 Å². The minimum absolute atomic E-state index is 0.0340. The molecule has 1 aromatic heterocycles. The molecule has 0 saturated carbocycles. The molecule has 2 heterocycles. The predicted molar refractivity (Wildman–Crippen MR) is 131 cm³/mol. The first-order chi connectivity index (χ1) is 16.5. The van der Waals surface area contributed by atoms with Crippen molar-refractivity contribution >= 4 is 16.9 Å². The fraction of sp³-hybridized carbons (Fsp3) is 0.276. The molecule has 3 aromatic carbocycles. The number of hydrogen-bond donors (Lipinski definition) is 1. The summed E-state index contributed by atoms with van der Waals surface area (Å²) in [7, 11) is 0. The minimum Gasteiger partial charge on any atom is -0.481 e. The summed E-state index contributed by atoms with van der Waals surface area (Å²) < 4.78 is 21.0. The smallest absolute Gasteiger partial charge is 0.309 e. The molecule has 0 amide bonds. The number of nitrogens with zero attached hydrogens (tertiary/aromatic N) is 1. The molecule has 1 atom stereocenters. The quantitative estimate of drug-likeness (QED) is 0.328. The number of halogens is 1. The molecule has 174 valence electrons. The van der Waals surface area contributed by atoms with E-state index in [1.807, 2.05) is 36.1 Å². The van der Waals surface area contributed by atoms with Gasteiger partial charge in [0.05, 0.1) is 11.5 Å². The van der Waals surface area contributed by atoms with Gasteiger partial charge in [-0.15, -0.1) is 0 Å². The number of carboxylic acid groups (broad SMARTS) is 1. The summed E-state index contributed by atoms with van der Waals surface area (Å²) in [5, 5.41) is 10.1. The van der Waals surface area contributed by atoms with Crippen molar-refractivity contribution in [2.45, 2.75) is 32.2 Å². The van der Waals surface area contributed by atoms with Crippen LogP contribution < -0.4 is 0 Å². The van der Waals surface area contributed by atoms with E-state index < -0.39 is 5.97 Å². The van der Waals surface area contributed by atoms with Crippen molar-refractivity contribution in [1.82, 2.24) is 4.90 Å². The van der Waals surface area contributed by atoms with E-state index in [2.05, 4.69) is 36.4 Å². The standard InChI is InChI=1S/C29H28FNO3/c1-19(31-17-24(18-31)29(32)33)22-11-12-25(26(30)15-22)28-16-23-14-21(10-13-27(23)34-28)9-5-8-20-6-3-2-4-7-20/h2-4,6-7,10-16,19,24H,5,8-9,17-18H2,1H3,(H,32,33). The van der Waals surface area contributed by atoms with Gasteiger partial charge in [-0.2, -0.15) is 0 Å². The number of furan rings is 1. The van der Waals surface area contributed by atoms with Crippen LogP contribution in [0.1, 0.15) is 36.1 Å². The summed E-state index contributed by atoms with van der Waals surface area (Å²) in [4.78, 5) is 13.1. The van der Waals surface area contributed by atoms with Gasteiger partial charge < -0.3 is 9.52 Å². The Morgan fingerprint density at radius 1 is 1.03 bits per heavy atom. The fourth-order valence-corrected chi connectivity index (χ4v) is 4.71. The molecule has 4 aromatic rings. The number of rotatable bonds is 8. The maximum Gasteiger partial charge on any atom is 0.309 e. The zero-order chi connectivity index (χ0) is 23.7. The molecule has 4 nitrogen and oxygen atoms in total. The summed E-state index contributed by atoms with van der Waals surface area (Å²) in [5.74, 6) is -0.913. The van der Waals surface area contributed by atoms with Crippen LogP contribution in [0.5, 0.6) is 0 Å². The van der Waals surface area contributed by atoms with E-state index in [1.54, 1.807) is 6.07 Å². The molecule has 1 N–H and O–H groups in total. The molecule has 0 bridgehead atoms. The molecule has 1 aliphatic heterocycles. The third-order valence-electron chi connectivity index (χ3n) is 6.90. The lowest BCUT2D eigenvalue weighted by Gasteiger charge is -2.41. The molecule has 1 unspecified atom stereocenters. The molecular formula is C29H28FNO3. The maximum absolute atomic E-state index is 15.0. The molecule has 34 heavy (non-hydrogen) atoms. The van der Waals surface area contributed by atoms with Crippen molar-refractivity contribution in [3.05, 3.63) is 95.3 Å². The second-order valence-corrected chi connectivity index (χ2v) is 9.23. The highest BCUT2D eigenvalue weighted by Crippen LogP contribution is 2.34. The summed E-state index contributed by atoms with van der Waals surface area (Å²) in [6.45, 7) is 2.97. The van der Waals surface area contributed by atoms with E-state index in [-0.39, 0.29) is 17.8 Å². The first kappa shape index (κ1) is 22.4. The Hall–Kier alpha value is -3.44. The predicted octanol–water partition coefficient (Wildman–Crippen LogP) is 6.49. The Morgan fingerprint density at radius 3 is 2.53 bits per heavy atom. The Bertz CT molecular complexity index is 1310. The Kier molecular flexibility index (Phi) is 6.20. The van der Waals surface area contributed by atoms with Gasteiger partial charge in [0.15, 0.2) is 0 Å². The largest absolute Gasteiger partial charge is 0.481 e. The zero-order valence-corrected chi connectivity index (χ0v) is 19.2. The number of likely N-dealkylation sites (tertiary alicyclic amines) is 1. The lowest BCUT2D eigenvalue weighted by Crippen LogP contribution is -2.51. The van der Waals surface area contributed by atoms with Gasteiger partial charge in [-0.25, -0.2) is 4.39 Å². The lowest BCUT2D eigenvalue weighted by atomic mass is 9.94. The van der Waals surface area contributed by atoms with E-state index in [1.165, 1.54) is 17.2 Å². The van der Waals surface area contributed by atoms with Gasteiger partial charge in [0.25, 0.3) is 0 Å². The van der Waals surface area contributed by atoms with E-state index in [9.17, 15) is 4.79 Å². The Balaban J connectivity index is 1.27. The fourth-order valence-electron chi connectivity index (χ4n) is 4.71. The van der Waals surface area contributed by atoms with Crippen LogP contribution in [-0.4, -0.2) is 29.1 Å². The van der Waals surface area contributed by atoms with Gasteiger partial charge in [0, 0.05) is 24.5 Å². The number of aliphatic carboxylic acids is 1. The number of carboxylic acids is 1. The monoisotopic (exact) mass is 457 g/mol. The average Bonchev–Trinajstić information content (AvgIpc) is 3.21. The SMILES string of the molecule is CC(c1ccc(-c2cc3cc(CCCc4ccccc4)ccc3o2)c(F)c1)N1CC(C(=O)O)C1. The summed E-state index contributed by atoms with van der Waals surface area (Å²) in [6, 6.07) is 23.7. The highest BCUT2D eigenvalue weighted by atomic mass is 19.1. The molecule has 1 saturated heterocycles. The third-order valence-corrected chi connectivity index (χ3v) is 6.90. The van der Waals surface area contributed by atoms with Gasteiger partial charge >= 0.3 is 5.97 Å². The number of benzene rings is 3. The van der Waals surface area contributed by atoms with Crippen molar-refractivity contribution in [2.24, 2.45) is 5.92 Å². The van der Waals surface area contributed by atoms with Gasteiger partial charge in [-0.1, -0.05) is 42.5 Å². The first-order valence-corrected chi connectivity index (χ1v) is 11.8. The first-order valence-electron chi connectivity index (χ1n) is 11.8. The number of hydrogen-bond acceptors (Lipinski definition) is 3. The van der Waals surface area contributed by atoms with E-state index in [0.29, 0.717) is 24.4 Å². The molecule has 0 aliphatic carbocycles. The lowest BCUT2D eigenvalue weighted by molar-refractivity contribution is -0.148. The number of fused-ring (bicyclic) bond motifs is 1. The summed E-state index contributed by atoms with van der Waals surface area (Å²) in [5.41, 5.74) is 4.61. The highest BCUT2D eigenvalue weighted by molar-refractivity contribution is 5.83. The van der Waals surface area contributed by atoms with Crippen molar-refractivity contribution in [2.75, 3.05) is 13.1 Å². The molecule has 0 radical (unpaired) electrons. The van der Waals surface area contributed by atoms with Gasteiger partial charge in [-0.05, 0) is 73.2 Å². The van der Waals surface area contributed by atoms with E-state index in [0.717, 1.165) is 35.8 Å². The highest BCUT2D eigenvalue weighted by Gasteiger charge is 2.35. The third kappa shape index (κ3) is 4.62. The molecule has 5 heteroatoms. The minimum atomic E-state index is -0.769. The zero-order valence-electron chi connectivity index (χ0n) is 19.2. The topological polar surface area (TPSA) is 53.7 Å². The normalized spacial score (nSPS) is 15.4. The van der Waals surface area contributed by atoms with Crippen LogP contribution in [0.25, 0.3) is 22.3 Å². The van der Waals surface area contributed by atoms with Crippen LogP contribution in [0.3, 0.4) is 0 Å². The number of aryl methyl sites for hydroxylation is 2. The van der Waals surface area contributed by atoms with Crippen LogP contribution in [0, 0.1) is 11.7 Å². The van der Waals surface area contributed by atoms with Gasteiger partial charge in [0.1, 0.15) is 17.2 Å². The van der Waals surface area contributed by atoms with Crippen LogP contribution >= 0.6 is 0 Å². The van der Waals surface area contributed by atoms with Crippen molar-refractivity contribution < 1.29 is 18.7 Å². The van der Waals surface area contributed by atoms with Gasteiger partial charge in [-0.3, -0.25) is 9.69 Å². The van der Waals surface area contributed by atoms with Crippen LogP contribution in [0.4, 0.5) is 4.39 Å². The molecule has 5 rings (SSSR count). The average molecular weight is 458 g/mol. The number of carbonyl (C=O) groups is 1. The van der Waals surface area contributed by atoms with Crippen LogP contribution in [-0.2, 0) is 17.6 Å².